The highest BCUT2D eigenvalue weighted by Gasteiger charge is 2.33. The van der Waals surface area contributed by atoms with Crippen LogP contribution in [0.5, 0.6) is 0 Å². The molecule has 2 saturated heterocycles. The molecular formula is C25H31ClN6O4S. The lowest BCUT2D eigenvalue weighted by Crippen LogP contribution is -2.41. The Kier molecular flexibility index (Phi) is 7.66. The Morgan fingerprint density at radius 2 is 1.92 bits per heavy atom. The third kappa shape index (κ3) is 5.45. The summed E-state index contributed by atoms with van der Waals surface area (Å²) < 4.78 is 36.6. The van der Waals surface area contributed by atoms with Crippen molar-refractivity contribution in [3.05, 3.63) is 63.7 Å². The third-order valence-electron chi connectivity index (χ3n) is 7.02. The molecule has 2 aromatic heterocycles. The molecule has 2 fully saturated rings. The molecule has 4 heterocycles. The van der Waals surface area contributed by atoms with Gasteiger partial charge in [-0.1, -0.05) is 29.8 Å². The van der Waals surface area contributed by atoms with E-state index in [-0.39, 0.29) is 34.7 Å². The van der Waals surface area contributed by atoms with Crippen molar-refractivity contribution in [3.63, 3.8) is 0 Å². The van der Waals surface area contributed by atoms with E-state index in [1.807, 2.05) is 37.3 Å². The Hall–Kier alpha value is -2.73. The number of sulfonamides is 1. The normalized spacial score (nSPS) is 19.7. The largest absolute Gasteiger partial charge is 0.382 e. The number of hydrogen-bond donors (Lipinski definition) is 1. The maximum Gasteiger partial charge on any atom is 0.287 e. The Morgan fingerprint density at radius 1 is 1.16 bits per heavy atom. The molecule has 0 unspecified atom stereocenters. The molecule has 0 spiro atoms. The average molecular weight is 547 g/mol. The smallest absolute Gasteiger partial charge is 0.287 e. The molecule has 0 saturated carbocycles. The summed E-state index contributed by atoms with van der Waals surface area (Å²) in [4.78, 5) is 13.0. The summed E-state index contributed by atoms with van der Waals surface area (Å²) in [6.07, 6.45) is 4.58. The second-order valence-electron chi connectivity index (χ2n) is 9.59. The van der Waals surface area contributed by atoms with Crippen molar-refractivity contribution < 1.29 is 13.2 Å². The van der Waals surface area contributed by atoms with Gasteiger partial charge in [0, 0.05) is 38.0 Å². The van der Waals surface area contributed by atoms with E-state index >= 15 is 0 Å². The SMILES string of the molecule is Cc1cc(S(=O)(=O)N2CCC(n3ncc(NC[C@H]4CCCOC4)c(Cl)c3=O)CC2)nn1-c1ccccc1. The monoisotopic (exact) mass is 546 g/mol. The van der Waals surface area contributed by atoms with Crippen molar-refractivity contribution in [1.29, 1.82) is 0 Å². The highest BCUT2D eigenvalue weighted by Crippen LogP contribution is 2.27. The zero-order chi connectivity index (χ0) is 26.0. The van der Waals surface area contributed by atoms with Crippen molar-refractivity contribution in [2.45, 2.75) is 43.7 Å². The molecular weight excluding hydrogens is 516 g/mol. The fourth-order valence-electron chi connectivity index (χ4n) is 4.91. The van der Waals surface area contributed by atoms with Crippen LogP contribution in [0, 0.1) is 12.8 Å². The Balaban J connectivity index is 1.25. The maximum absolute atomic E-state index is 13.3. The van der Waals surface area contributed by atoms with Gasteiger partial charge in [0.25, 0.3) is 15.6 Å². The standard InChI is InChI=1S/C25H31ClN6O4S/c1-18-14-23(29-31(18)20-7-3-2-4-8-20)37(34,35)30-11-9-21(10-12-30)32-25(33)24(26)22(16-28-32)27-15-19-6-5-13-36-17-19/h2-4,7-8,14,16,19,21,27H,5-6,9-13,15,17H2,1H3/t19-/m1/s1. The van der Waals surface area contributed by atoms with Crippen molar-refractivity contribution in [2.24, 2.45) is 5.92 Å². The third-order valence-corrected chi connectivity index (χ3v) is 9.16. The summed E-state index contributed by atoms with van der Waals surface area (Å²) in [7, 11) is -3.77. The van der Waals surface area contributed by atoms with Gasteiger partial charge in [0.1, 0.15) is 5.02 Å². The zero-order valence-corrected chi connectivity index (χ0v) is 22.3. The van der Waals surface area contributed by atoms with Crippen LogP contribution in [0.1, 0.15) is 37.4 Å². The summed E-state index contributed by atoms with van der Waals surface area (Å²) >= 11 is 6.40. The van der Waals surface area contributed by atoms with Crippen molar-refractivity contribution in [2.75, 3.05) is 38.2 Å². The molecule has 1 N–H and O–H groups in total. The molecule has 37 heavy (non-hydrogen) atoms. The number of aromatic nitrogens is 4. The van der Waals surface area contributed by atoms with Gasteiger partial charge in [0.05, 0.1) is 30.2 Å². The fraction of sp³-hybridized carbons (Fsp3) is 0.480. The van der Waals surface area contributed by atoms with Gasteiger partial charge >= 0.3 is 0 Å². The van der Waals surface area contributed by atoms with Gasteiger partial charge in [-0.3, -0.25) is 4.79 Å². The summed E-state index contributed by atoms with van der Waals surface area (Å²) in [6, 6.07) is 10.8. The molecule has 2 aliphatic heterocycles. The van der Waals surface area contributed by atoms with Crippen LogP contribution in [0.3, 0.4) is 0 Å². The first-order valence-electron chi connectivity index (χ1n) is 12.6. The molecule has 10 nitrogen and oxygen atoms in total. The van der Waals surface area contributed by atoms with Crippen LogP contribution >= 0.6 is 11.6 Å². The Labute approximate surface area is 221 Å². The van der Waals surface area contributed by atoms with E-state index in [4.69, 9.17) is 16.3 Å². The first-order chi connectivity index (χ1) is 17.8. The van der Waals surface area contributed by atoms with E-state index < -0.39 is 10.0 Å². The minimum absolute atomic E-state index is 0.0180. The van der Waals surface area contributed by atoms with Gasteiger partial charge in [0.2, 0.25) is 0 Å². The number of hydrogen-bond acceptors (Lipinski definition) is 7. The number of nitrogens with one attached hydrogen (secondary N) is 1. The number of piperidine rings is 1. The van der Waals surface area contributed by atoms with Crippen LogP contribution in [0.2, 0.25) is 5.02 Å². The number of rotatable bonds is 7. The highest BCUT2D eigenvalue weighted by molar-refractivity contribution is 7.89. The van der Waals surface area contributed by atoms with E-state index in [1.165, 1.54) is 8.99 Å². The van der Waals surface area contributed by atoms with Crippen LogP contribution < -0.4 is 10.9 Å². The molecule has 12 heteroatoms. The van der Waals surface area contributed by atoms with Crippen LogP contribution in [-0.2, 0) is 14.8 Å². The zero-order valence-electron chi connectivity index (χ0n) is 20.7. The minimum Gasteiger partial charge on any atom is -0.382 e. The van der Waals surface area contributed by atoms with Crippen LogP contribution in [0.4, 0.5) is 5.69 Å². The number of anilines is 1. The molecule has 0 aliphatic carbocycles. The Bertz CT molecular complexity index is 1390. The van der Waals surface area contributed by atoms with E-state index in [0.29, 0.717) is 37.6 Å². The fourth-order valence-corrected chi connectivity index (χ4v) is 6.58. The lowest BCUT2D eigenvalue weighted by atomic mass is 10.0. The molecule has 3 aromatic rings. The second kappa shape index (κ2) is 10.9. The molecule has 0 amide bonds. The lowest BCUT2D eigenvalue weighted by Gasteiger charge is -2.31. The van der Waals surface area contributed by atoms with Gasteiger partial charge in [-0.05, 0) is 50.7 Å². The number of nitrogens with zero attached hydrogens (tertiary/aromatic N) is 5. The molecule has 198 valence electrons. The van der Waals surface area contributed by atoms with Crippen LogP contribution in [0.25, 0.3) is 5.69 Å². The molecule has 0 bridgehead atoms. The second-order valence-corrected chi connectivity index (χ2v) is 11.9. The number of halogens is 1. The number of ether oxygens (including phenoxy) is 1. The summed E-state index contributed by atoms with van der Waals surface area (Å²) in [5.74, 6) is 0.376. The summed E-state index contributed by atoms with van der Waals surface area (Å²) in [5, 5.41) is 12.1. The highest BCUT2D eigenvalue weighted by atomic mass is 35.5. The predicted molar refractivity (Wildman–Crippen MR) is 141 cm³/mol. The van der Waals surface area contributed by atoms with Gasteiger partial charge in [0.15, 0.2) is 5.03 Å². The van der Waals surface area contributed by atoms with E-state index in [2.05, 4.69) is 15.5 Å². The topological polar surface area (TPSA) is 111 Å². The summed E-state index contributed by atoms with van der Waals surface area (Å²) in [6.45, 7) is 4.51. The van der Waals surface area contributed by atoms with Crippen molar-refractivity contribution in [3.8, 4) is 5.69 Å². The number of para-hydroxylation sites is 1. The Morgan fingerprint density at radius 3 is 2.62 bits per heavy atom. The number of benzene rings is 1. The molecule has 1 aromatic carbocycles. The van der Waals surface area contributed by atoms with Gasteiger partial charge in [-0.25, -0.2) is 17.8 Å². The van der Waals surface area contributed by atoms with Gasteiger partial charge in [-0.15, -0.1) is 0 Å². The maximum atomic E-state index is 13.3. The van der Waals surface area contributed by atoms with E-state index in [9.17, 15) is 13.2 Å². The van der Waals surface area contributed by atoms with E-state index in [1.54, 1.807) is 16.9 Å². The van der Waals surface area contributed by atoms with E-state index in [0.717, 1.165) is 30.8 Å². The summed E-state index contributed by atoms with van der Waals surface area (Å²) in [5.41, 5.74) is 1.67. The molecule has 5 rings (SSSR count). The van der Waals surface area contributed by atoms with Crippen molar-refractivity contribution in [1.82, 2.24) is 23.9 Å². The minimum atomic E-state index is -3.77. The first kappa shape index (κ1) is 25.9. The molecule has 2 aliphatic rings. The lowest BCUT2D eigenvalue weighted by molar-refractivity contribution is 0.0595. The average Bonchev–Trinajstić information content (AvgIpc) is 3.33. The number of aryl methyl sites for hydroxylation is 1. The van der Waals surface area contributed by atoms with Crippen LogP contribution in [0.15, 0.2) is 52.4 Å². The van der Waals surface area contributed by atoms with Crippen LogP contribution in [-0.4, -0.2) is 65.1 Å². The van der Waals surface area contributed by atoms with Gasteiger partial charge < -0.3 is 10.1 Å². The molecule has 1 atom stereocenters. The molecule has 0 radical (unpaired) electrons. The quantitative estimate of drug-likeness (QED) is 0.484. The predicted octanol–water partition coefficient (Wildman–Crippen LogP) is 3.26. The van der Waals surface area contributed by atoms with Gasteiger partial charge in [-0.2, -0.15) is 14.5 Å². The van der Waals surface area contributed by atoms with Crippen molar-refractivity contribution >= 4 is 27.3 Å². The first-order valence-corrected chi connectivity index (χ1v) is 14.4.